The van der Waals surface area contributed by atoms with E-state index >= 15 is 0 Å². The maximum Gasteiger partial charge on any atom is 0.134 e. The van der Waals surface area contributed by atoms with Gasteiger partial charge < -0.3 is 5.73 Å². The van der Waals surface area contributed by atoms with E-state index in [-0.39, 0.29) is 6.04 Å². The lowest BCUT2D eigenvalue weighted by Gasteiger charge is -2.10. The molecule has 0 amide bonds. The molecule has 1 rings (SSSR count). The number of nitrogens with zero attached hydrogens (tertiary/aromatic N) is 2. The minimum absolute atomic E-state index is 0.0561. The summed E-state index contributed by atoms with van der Waals surface area (Å²) < 4.78 is 0. The molecule has 0 radical (unpaired) electrons. The van der Waals surface area contributed by atoms with Crippen molar-refractivity contribution < 1.29 is 0 Å². The van der Waals surface area contributed by atoms with Crippen molar-refractivity contribution in [3.8, 4) is 0 Å². The van der Waals surface area contributed by atoms with Crippen LogP contribution in [0.25, 0.3) is 0 Å². The van der Waals surface area contributed by atoms with Gasteiger partial charge in [-0.1, -0.05) is 39.0 Å². The normalized spacial score (nSPS) is 15.9. The third kappa shape index (κ3) is 2.51. The predicted octanol–water partition coefficient (Wildman–Crippen LogP) is 2.71. The van der Waals surface area contributed by atoms with Crippen molar-refractivity contribution in [2.45, 2.75) is 46.1 Å². The van der Waals surface area contributed by atoms with Crippen molar-refractivity contribution in [2.24, 2.45) is 11.7 Å². The van der Waals surface area contributed by atoms with Crippen LogP contribution in [0.2, 0.25) is 0 Å². The van der Waals surface area contributed by atoms with Gasteiger partial charge in [-0.3, -0.25) is 0 Å². The standard InChI is InChI=1S/C10H19N3S/c1-5-8(11)10-13-12-9(14-10)7(4)6(2)3/h6-8H,5,11H2,1-4H3. The van der Waals surface area contributed by atoms with E-state index < -0.39 is 0 Å². The van der Waals surface area contributed by atoms with Crippen molar-refractivity contribution in [3.63, 3.8) is 0 Å². The van der Waals surface area contributed by atoms with Gasteiger partial charge in [-0.2, -0.15) is 0 Å². The van der Waals surface area contributed by atoms with Crippen LogP contribution in [-0.2, 0) is 0 Å². The van der Waals surface area contributed by atoms with E-state index in [9.17, 15) is 0 Å². The van der Waals surface area contributed by atoms with Crippen LogP contribution >= 0.6 is 11.3 Å². The molecule has 3 nitrogen and oxygen atoms in total. The first-order chi connectivity index (χ1) is 6.56. The van der Waals surface area contributed by atoms with Crippen molar-refractivity contribution >= 4 is 11.3 Å². The molecule has 0 aliphatic carbocycles. The Morgan fingerprint density at radius 2 is 1.79 bits per heavy atom. The lowest BCUT2D eigenvalue weighted by molar-refractivity contribution is 0.528. The summed E-state index contributed by atoms with van der Waals surface area (Å²) in [5, 5.41) is 10.4. The average Bonchev–Trinajstić information content (AvgIpc) is 2.64. The maximum absolute atomic E-state index is 5.89. The van der Waals surface area contributed by atoms with Gasteiger partial charge in [-0.15, -0.1) is 10.2 Å². The van der Waals surface area contributed by atoms with Gasteiger partial charge in [0.15, 0.2) is 0 Å². The smallest absolute Gasteiger partial charge is 0.134 e. The highest BCUT2D eigenvalue weighted by Crippen LogP contribution is 2.28. The first-order valence-electron chi connectivity index (χ1n) is 5.15. The lowest BCUT2D eigenvalue weighted by atomic mass is 9.99. The first kappa shape index (κ1) is 11.6. The molecule has 1 aromatic heterocycles. The first-order valence-corrected chi connectivity index (χ1v) is 5.96. The summed E-state index contributed by atoms with van der Waals surface area (Å²) in [7, 11) is 0. The molecule has 2 N–H and O–H groups in total. The van der Waals surface area contributed by atoms with Crippen LogP contribution in [0, 0.1) is 5.92 Å². The van der Waals surface area contributed by atoms with Crippen molar-refractivity contribution in [1.29, 1.82) is 0 Å². The van der Waals surface area contributed by atoms with Gasteiger partial charge in [0.1, 0.15) is 10.0 Å². The Hall–Kier alpha value is -0.480. The van der Waals surface area contributed by atoms with Crippen molar-refractivity contribution in [2.75, 3.05) is 0 Å². The summed E-state index contributed by atoms with van der Waals surface area (Å²) in [6, 6.07) is 0.0561. The minimum Gasteiger partial charge on any atom is -0.322 e. The fourth-order valence-corrected chi connectivity index (χ4v) is 2.19. The van der Waals surface area contributed by atoms with Crippen LogP contribution in [0.1, 0.15) is 56.1 Å². The quantitative estimate of drug-likeness (QED) is 0.836. The molecule has 0 spiro atoms. The van der Waals surface area contributed by atoms with Crippen LogP contribution in [0.4, 0.5) is 0 Å². The number of nitrogens with two attached hydrogens (primary N) is 1. The van der Waals surface area contributed by atoms with Gasteiger partial charge >= 0.3 is 0 Å². The summed E-state index contributed by atoms with van der Waals surface area (Å²) in [6.07, 6.45) is 0.921. The van der Waals surface area contributed by atoms with E-state index in [1.165, 1.54) is 0 Å². The number of hydrogen-bond acceptors (Lipinski definition) is 4. The molecule has 4 heteroatoms. The van der Waals surface area contributed by atoms with Crippen molar-refractivity contribution in [1.82, 2.24) is 10.2 Å². The lowest BCUT2D eigenvalue weighted by Crippen LogP contribution is -2.07. The molecular weight excluding hydrogens is 194 g/mol. The Bertz CT molecular complexity index is 283. The number of hydrogen-bond donors (Lipinski definition) is 1. The molecule has 0 aromatic carbocycles. The van der Waals surface area contributed by atoms with E-state index in [0.29, 0.717) is 11.8 Å². The van der Waals surface area contributed by atoms with Crippen LogP contribution in [-0.4, -0.2) is 10.2 Å². The van der Waals surface area contributed by atoms with Crippen molar-refractivity contribution in [3.05, 3.63) is 10.0 Å². The second-order valence-electron chi connectivity index (χ2n) is 4.03. The molecule has 0 saturated heterocycles. The summed E-state index contributed by atoms with van der Waals surface area (Å²) in [5.41, 5.74) is 5.89. The molecule has 14 heavy (non-hydrogen) atoms. The third-order valence-corrected chi connectivity index (χ3v) is 3.86. The van der Waals surface area contributed by atoms with E-state index in [4.69, 9.17) is 5.73 Å². The molecular formula is C10H19N3S. The van der Waals surface area contributed by atoms with E-state index in [2.05, 4.69) is 37.9 Å². The topological polar surface area (TPSA) is 51.8 Å². The highest BCUT2D eigenvalue weighted by atomic mass is 32.1. The van der Waals surface area contributed by atoms with Crippen LogP contribution < -0.4 is 5.73 Å². The van der Waals surface area contributed by atoms with Gasteiger partial charge in [0, 0.05) is 5.92 Å². The Morgan fingerprint density at radius 1 is 1.21 bits per heavy atom. The molecule has 2 unspecified atom stereocenters. The molecule has 0 saturated carbocycles. The zero-order valence-corrected chi connectivity index (χ0v) is 10.1. The second-order valence-corrected chi connectivity index (χ2v) is 5.07. The molecule has 2 atom stereocenters. The maximum atomic E-state index is 5.89. The summed E-state index contributed by atoms with van der Waals surface area (Å²) in [4.78, 5) is 0. The third-order valence-electron chi connectivity index (χ3n) is 2.60. The monoisotopic (exact) mass is 213 g/mol. The van der Waals surface area contributed by atoms with Crippen LogP contribution in [0.3, 0.4) is 0 Å². The zero-order valence-electron chi connectivity index (χ0n) is 9.32. The molecule has 0 fully saturated rings. The molecule has 80 valence electrons. The summed E-state index contributed by atoms with van der Waals surface area (Å²) in [5.74, 6) is 1.08. The predicted molar refractivity (Wildman–Crippen MR) is 60.4 cm³/mol. The number of aromatic nitrogens is 2. The van der Waals surface area contributed by atoms with Gasteiger partial charge in [0.25, 0.3) is 0 Å². The fraction of sp³-hybridized carbons (Fsp3) is 0.800. The van der Waals surface area contributed by atoms with E-state index in [0.717, 1.165) is 16.4 Å². The Balaban J connectivity index is 2.77. The summed E-state index contributed by atoms with van der Waals surface area (Å²) in [6.45, 7) is 8.65. The SMILES string of the molecule is CCC(N)c1nnc(C(C)C(C)C)s1. The molecule has 0 bridgehead atoms. The molecule has 0 aliphatic heterocycles. The summed E-state index contributed by atoms with van der Waals surface area (Å²) >= 11 is 1.65. The Kier molecular flexibility index (Phi) is 4.01. The molecule has 1 aromatic rings. The highest BCUT2D eigenvalue weighted by molar-refractivity contribution is 7.11. The largest absolute Gasteiger partial charge is 0.322 e. The minimum atomic E-state index is 0.0561. The molecule has 1 heterocycles. The van der Waals surface area contributed by atoms with Crippen LogP contribution in [0.15, 0.2) is 0 Å². The van der Waals surface area contributed by atoms with Gasteiger partial charge in [-0.25, -0.2) is 0 Å². The zero-order chi connectivity index (χ0) is 10.7. The Morgan fingerprint density at radius 3 is 2.29 bits per heavy atom. The second kappa shape index (κ2) is 4.84. The molecule has 0 aliphatic rings. The average molecular weight is 213 g/mol. The van der Waals surface area contributed by atoms with E-state index in [1.54, 1.807) is 11.3 Å². The number of rotatable bonds is 4. The highest BCUT2D eigenvalue weighted by Gasteiger charge is 2.17. The van der Waals surface area contributed by atoms with Crippen LogP contribution in [0.5, 0.6) is 0 Å². The van der Waals surface area contributed by atoms with Gasteiger partial charge in [0.05, 0.1) is 6.04 Å². The fourth-order valence-electron chi connectivity index (χ4n) is 1.04. The van der Waals surface area contributed by atoms with Gasteiger partial charge in [0.2, 0.25) is 0 Å². The van der Waals surface area contributed by atoms with E-state index in [1.807, 2.05) is 0 Å². The van der Waals surface area contributed by atoms with Gasteiger partial charge in [-0.05, 0) is 12.3 Å². The Labute approximate surface area is 89.7 Å².